The Morgan fingerprint density at radius 1 is 0.607 bits per heavy atom. The summed E-state index contributed by atoms with van der Waals surface area (Å²) in [6.45, 7) is 6.30. The molecule has 0 spiro atoms. The minimum atomic E-state index is -0.192. The van der Waals surface area contributed by atoms with E-state index in [1.807, 2.05) is 60.7 Å². The van der Waals surface area contributed by atoms with Crippen molar-refractivity contribution >= 4 is 0 Å². The maximum Gasteiger partial charge on any atom is 0.165 e. The molecule has 0 aliphatic heterocycles. The SMILES string of the molecule is CC(C)(C)c1nc(-c2ccccc2)nc(-c2ccc(-c3ccccn3)nc2)n1. The lowest BCUT2D eigenvalue weighted by molar-refractivity contribution is 0.543. The predicted octanol–water partition coefficient (Wildman–Crippen LogP) is 4.96. The molecule has 4 rings (SSSR count). The number of benzene rings is 1. The zero-order chi connectivity index (χ0) is 19.6. The first-order valence-corrected chi connectivity index (χ1v) is 9.20. The van der Waals surface area contributed by atoms with Gasteiger partial charge in [0.1, 0.15) is 5.82 Å². The van der Waals surface area contributed by atoms with Gasteiger partial charge in [-0.25, -0.2) is 15.0 Å². The van der Waals surface area contributed by atoms with Crippen LogP contribution in [0.5, 0.6) is 0 Å². The van der Waals surface area contributed by atoms with Crippen LogP contribution >= 0.6 is 0 Å². The largest absolute Gasteiger partial charge is 0.255 e. The van der Waals surface area contributed by atoms with Crippen LogP contribution in [0.15, 0.2) is 73.1 Å². The van der Waals surface area contributed by atoms with E-state index >= 15 is 0 Å². The van der Waals surface area contributed by atoms with Gasteiger partial charge in [0.2, 0.25) is 0 Å². The van der Waals surface area contributed by atoms with Crippen LogP contribution in [-0.2, 0) is 5.41 Å². The van der Waals surface area contributed by atoms with E-state index in [2.05, 4.69) is 30.7 Å². The first kappa shape index (κ1) is 17.9. The van der Waals surface area contributed by atoms with E-state index < -0.39 is 0 Å². The van der Waals surface area contributed by atoms with Crippen molar-refractivity contribution in [3.63, 3.8) is 0 Å². The van der Waals surface area contributed by atoms with E-state index in [0.717, 1.165) is 28.3 Å². The molecule has 0 fully saturated rings. The quantitative estimate of drug-likeness (QED) is 0.512. The van der Waals surface area contributed by atoms with Crippen molar-refractivity contribution in [2.24, 2.45) is 0 Å². The van der Waals surface area contributed by atoms with E-state index in [4.69, 9.17) is 15.0 Å². The van der Waals surface area contributed by atoms with Gasteiger partial charge in [-0.15, -0.1) is 0 Å². The van der Waals surface area contributed by atoms with Crippen LogP contribution in [0, 0.1) is 0 Å². The average molecular weight is 367 g/mol. The molecule has 0 aliphatic carbocycles. The van der Waals surface area contributed by atoms with Crippen molar-refractivity contribution in [3.05, 3.63) is 78.9 Å². The molecule has 0 atom stereocenters. The summed E-state index contributed by atoms with van der Waals surface area (Å²) in [6, 6.07) is 19.7. The summed E-state index contributed by atoms with van der Waals surface area (Å²) in [6.07, 6.45) is 3.55. The molecule has 0 unspecified atom stereocenters. The molecule has 0 amide bonds. The first-order valence-electron chi connectivity index (χ1n) is 9.20. The minimum absolute atomic E-state index is 0.192. The number of nitrogens with zero attached hydrogens (tertiary/aromatic N) is 5. The Balaban J connectivity index is 1.78. The third kappa shape index (κ3) is 3.78. The van der Waals surface area contributed by atoms with E-state index in [9.17, 15) is 0 Å². The lowest BCUT2D eigenvalue weighted by atomic mass is 9.95. The van der Waals surface area contributed by atoms with E-state index in [0.29, 0.717) is 11.6 Å². The number of pyridine rings is 2. The number of rotatable bonds is 3. The van der Waals surface area contributed by atoms with Crippen molar-refractivity contribution in [1.29, 1.82) is 0 Å². The maximum atomic E-state index is 4.72. The number of aromatic nitrogens is 5. The molecule has 1 aromatic carbocycles. The molecule has 0 radical (unpaired) electrons. The van der Waals surface area contributed by atoms with Crippen molar-refractivity contribution in [2.45, 2.75) is 26.2 Å². The fraction of sp³-hybridized carbons (Fsp3) is 0.174. The second kappa shape index (κ2) is 7.27. The van der Waals surface area contributed by atoms with Crippen LogP contribution in [0.1, 0.15) is 26.6 Å². The van der Waals surface area contributed by atoms with Gasteiger partial charge < -0.3 is 0 Å². The second-order valence-electron chi connectivity index (χ2n) is 7.57. The van der Waals surface area contributed by atoms with Crippen LogP contribution < -0.4 is 0 Å². The topological polar surface area (TPSA) is 64.5 Å². The zero-order valence-corrected chi connectivity index (χ0v) is 16.2. The molecular formula is C23H21N5. The van der Waals surface area contributed by atoms with Gasteiger partial charge in [0.05, 0.1) is 11.4 Å². The Kier molecular flexibility index (Phi) is 4.65. The van der Waals surface area contributed by atoms with Crippen LogP contribution in [0.4, 0.5) is 0 Å². The highest BCUT2D eigenvalue weighted by atomic mass is 15.0. The molecule has 0 bridgehead atoms. The van der Waals surface area contributed by atoms with Crippen LogP contribution in [-0.4, -0.2) is 24.9 Å². The Bertz CT molecular complexity index is 1070. The zero-order valence-electron chi connectivity index (χ0n) is 16.2. The Morgan fingerprint density at radius 3 is 1.89 bits per heavy atom. The molecule has 0 N–H and O–H groups in total. The van der Waals surface area contributed by atoms with Crippen LogP contribution in [0.2, 0.25) is 0 Å². The fourth-order valence-corrected chi connectivity index (χ4v) is 2.75. The highest BCUT2D eigenvalue weighted by molar-refractivity contribution is 5.63. The summed E-state index contributed by atoms with van der Waals surface area (Å²) in [5, 5.41) is 0. The molecule has 3 heterocycles. The first-order chi connectivity index (χ1) is 13.5. The van der Waals surface area contributed by atoms with E-state index in [1.165, 1.54) is 0 Å². The molecule has 0 saturated carbocycles. The summed E-state index contributed by atoms with van der Waals surface area (Å²) in [5.41, 5.74) is 3.28. The molecule has 0 saturated heterocycles. The molecule has 0 aliphatic rings. The summed E-state index contributed by atoms with van der Waals surface area (Å²) in [7, 11) is 0. The van der Waals surface area contributed by atoms with Gasteiger partial charge in [0.25, 0.3) is 0 Å². The average Bonchev–Trinajstić information content (AvgIpc) is 2.74. The van der Waals surface area contributed by atoms with E-state index in [1.54, 1.807) is 12.4 Å². The standard InChI is InChI=1S/C23H21N5/c1-23(2,3)22-27-20(16-9-5-4-6-10-16)26-21(28-22)17-12-13-19(25-15-17)18-11-7-8-14-24-18/h4-15H,1-3H3. The third-order valence-corrected chi connectivity index (χ3v) is 4.29. The molecule has 3 aromatic heterocycles. The second-order valence-corrected chi connectivity index (χ2v) is 7.57. The molecule has 28 heavy (non-hydrogen) atoms. The van der Waals surface area contributed by atoms with Gasteiger partial charge in [-0.05, 0) is 24.3 Å². The number of hydrogen-bond donors (Lipinski definition) is 0. The summed E-state index contributed by atoms with van der Waals surface area (Å²) in [4.78, 5) is 23.1. The van der Waals surface area contributed by atoms with Gasteiger partial charge in [0.15, 0.2) is 11.6 Å². The highest BCUT2D eigenvalue weighted by Crippen LogP contribution is 2.26. The molecule has 138 valence electrons. The van der Waals surface area contributed by atoms with E-state index in [-0.39, 0.29) is 5.41 Å². The van der Waals surface area contributed by atoms with Gasteiger partial charge in [-0.3, -0.25) is 9.97 Å². The maximum absolute atomic E-state index is 4.72. The van der Waals surface area contributed by atoms with Crippen molar-refractivity contribution in [3.8, 4) is 34.2 Å². The minimum Gasteiger partial charge on any atom is -0.255 e. The normalized spacial score (nSPS) is 11.4. The summed E-state index contributed by atoms with van der Waals surface area (Å²) >= 11 is 0. The molecule has 4 aromatic rings. The summed E-state index contributed by atoms with van der Waals surface area (Å²) < 4.78 is 0. The van der Waals surface area contributed by atoms with Crippen molar-refractivity contribution in [2.75, 3.05) is 0 Å². The van der Waals surface area contributed by atoms with Crippen molar-refractivity contribution in [1.82, 2.24) is 24.9 Å². The Labute approximate surface area is 164 Å². The molecule has 5 heteroatoms. The predicted molar refractivity (Wildman–Crippen MR) is 110 cm³/mol. The summed E-state index contributed by atoms with van der Waals surface area (Å²) in [5.74, 6) is 2.05. The highest BCUT2D eigenvalue weighted by Gasteiger charge is 2.21. The van der Waals surface area contributed by atoms with Crippen LogP contribution in [0.3, 0.4) is 0 Å². The van der Waals surface area contributed by atoms with Gasteiger partial charge >= 0.3 is 0 Å². The van der Waals surface area contributed by atoms with Crippen molar-refractivity contribution < 1.29 is 0 Å². The monoisotopic (exact) mass is 367 g/mol. The lowest BCUT2D eigenvalue weighted by Crippen LogP contribution is -2.18. The van der Waals surface area contributed by atoms with Crippen LogP contribution in [0.25, 0.3) is 34.2 Å². The Hall–Kier alpha value is -3.47. The van der Waals surface area contributed by atoms with Gasteiger partial charge in [-0.2, -0.15) is 0 Å². The van der Waals surface area contributed by atoms with Gasteiger partial charge in [0, 0.05) is 28.9 Å². The fourth-order valence-electron chi connectivity index (χ4n) is 2.75. The molecule has 5 nitrogen and oxygen atoms in total. The smallest absolute Gasteiger partial charge is 0.165 e. The number of hydrogen-bond acceptors (Lipinski definition) is 5. The lowest BCUT2D eigenvalue weighted by Gasteiger charge is -2.18. The van der Waals surface area contributed by atoms with Gasteiger partial charge in [-0.1, -0.05) is 57.2 Å². The molecular weight excluding hydrogens is 346 g/mol. The third-order valence-electron chi connectivity index (χ3n) is 4.29. The Morgan fingerprint density at radius 2 is 1.29 bits per heavy atom.